The third kappa shape index (κ3) is 6.93. The number of ketones is 1. The van der Waals surface area contributed by atoms with Crippen LogP contribution >= 0.6 is 22.9 Å². The van der Waals surface area contributed by atoms with Crippen molar-refractivity contribution in [1.29, 1.82) is 5.26 Å². The first-order valence-corrected chi connectivity index (χ1v) is 14.2. The molecule has 0 saturated heterocycles. The highest BCUT2D eigenvalue weighted by Crippen LogP contribution is 2.35. The van der Waals surface area contributed by atoms with E-state index in [2.05, 4.69) is 10.3 Å². The monoisotopic (exact) mass is 603 g/mol. The second-order valence-corrected chi connectivity index (χ2v) is 11.8. The van der Waals surface area contributed by atoms with Crippen LogP contribution in [0.3, 0.4) is 0 Å². The highest BCUT2D eigenvalue weighted by atomic mass is 35.5. The van der Waals surface area contributed by atoms with Crippen LogP contribution in [-0.4, -0.2) is 37.0 Å². The molecule has 204 valence electrons. The Bertz CT molecular complexity index is 1750. The number of nitriles is 1. The Hall–Kier alpha value is -4.05. The minimum Gasteiger partial charge on any atom is -0.302 e. The number of benzene rings is 3. The lowest BCUT2D eigenvalue weighted by molar-refractivity contribution is -0.115. The Morgan fingerprint density at radius 2 is 1.73 bits per heavy atom. The molecule has 0 saturated carbocycles. The van der Waals surface area contributed by atoms with Crippen molar-refractivity contribution in [3.05, 3.63) is 99.4 Å². The number of nitrogens with zero attached hydrogens (tertiary/aromatic N) is 2. The number of halogens is 4. The number of aromatic nitrogens is 1. The number of thiazole rings is 1. The van der Waals surface area contributed by atoms with Gasteiger partial charge in [-0.25, -0.2) is 13.4 Å². The van der Waals surface area contributed by atoms with Gasteiger partial charge in [-0.2, -0.15) is 18.4 Å². The molecule has 0 bridgehead atoms. The van der Waals surface area contributed by atoms with E-state index in [-0.39, 0.29) is 32.7 Å². The van der Waals surface area contributed by atoms with Crippen molar-refractivity contribution in [3.8, 4) is 17.3 Å². The Morgan fingerprint density at radius 3 is 2.38 bits per heavy atom. The van der Waals surface area contributed by atoms with Gasteiger partial charge in [-0.3, -0.25) is 9.59 Å². The van der Waals surface area contributed by atoms with Gasteiger partial charge in [0.25, 0.3) is 0 Å². The van der Waals surface area contributed by atoms with Crippen molar-refractivity contribution in [3.63, 3.8) is 0 Å². The molecule has 13 heteroatoms. The van der Waals surface area contributed by atoms with E-state index in [4.69, 9.17) is 11.6 Å². The average Bonchev–Trinajstić information content (AvgIpc) is 3.31. The van der Waals surface area contributed by atoms with Crippen LogP contribution in [0.1, 0.15) is 26.4 Å². The van der Waals surface area contributed by atoms with Crippen LogP contribution in [0.2, 0.25) is 5.02 Å². The first kappa shape index (κ1) is 28.9. The lowest BCUT2D eigenvalue weighted by atomic mass is 10.0. The molecule has 1 amide bonds. The number of amides is 1. The van der Waals surface area contributed by atoms with Gasteiger partial charge in [0.15, 0.2) is 20.7 Å². The van der Waals surface area contributed by atoms with Gasteiger partial charge in [-0.05, 0) is 42.0 Å². The number of sulfone groups is 1. The molecule has 1 N–H and O–H groups in total. The van der Waals surface area contributed by atoms with Gasteiger partial charge in [0, 0.05) is 11.1 Å². The summed E-state index contributed by atoms with van der Waals surface area (Å²) in [6.45, 7) is 0. The average molecular weight is 604 g/mol. The van der Waals surface area contributed by atoms with Crippen LogP contribution in [0.4, 0.5) is 18.3 Å². The lowest BCUT2D eigenvalue weighted by Crippen LogP contribution is -2.22. The zero-order valence-electron chi connectivity index (χ0n) is 20.2. The quantitative estimate of drug-likeness (QED) is 0.244. The molecule has 1 heterocycles. The maximum atomic E-state index is 13.4. The molecular formula is C27H17ClF3N3O4S2. The van der Waals surface area contributed by atoms with Gasteiger partial charge in [0.2, 0.25) is 11.7 Å². The summed E-state index contributed by atoms with van der Waals surface area (Å²) in [5, 5.41) is 12.2. The van der Waals surface area contributed by atoms with E-state index in [1.54, 1.807) is 48.5 Å². The number of alkyl halides is 3. The third-order valence-electron chi connectivity index (χ3n) is 5.46. The first-order valence-electron chi connectivity index (χ1n) is 11.4. The van der Waals surface area contributed by atoms with Crippen LogP contribution in [0, 0.1) is 11.3 Å². The van der Waals surface area contributed by atoms with Gasteiger partial charge in [-0.1, -0.05) is 59.3 Å². The summed E-state index contributed by atoms with van der Waals surface area (Å²) in [6.07, 6.45) is -5.13. The number of nitrogens with one attached hydrogen (secondary N) is 1. The Balaban J connectivity index is 1.59. The number of hydrogen-bond donors (Lipinski definition) is 1. The van der Waals surface area contributed by atoms with Crippen LogP contribution in [0.25, 0.3) is 11.3 Å². The summed E-state index contributed by atoms with van der Waals surface area (Å²) in [4.78, 5) is 30.2. The summed E-state index contributed by atoms with van der Waals surface area (Å²) >= 11 is 7.13. The predicted octanol–water partition coefficient (Wildman–Crippen LogP) is 6.08. The summed E-state index contributed by atoms with van der Waals surface area (Å²) < 4.78 is 61.5. The number of carbonyl (C=O) groups is 2. The third-order valence-corrected chi connectivity index (χ3v) is 8.46. The fourth-order valence-corrected chi connectivity index (χ4v) is 6.02. The molecule has 40 heavy (non-hydrogen) atoms. The van der Waals surface area contributed by atoms with Crippen LogP contribution in [0.15, 0.2) is 77.7 Å². The molecule has 3 aromatic carbocycles. The van der Waals surface area contributed by atoms with Crippen molar-refractivity contribution in [2.75, 3.05) is 11.1 Å². The zero-order valence-corrected chi connectivity index (χ0v) is 22.6. The SMILES string of the molecule is N#Cc1cccc(-c2nc(NC(=O)Cc3ccc(S(=O)(=O)CC(F)(F)F)cc3)sc2C(=O)c2ccccc2Cl)c1. The molecule has 1 aromatic heterocycles. The van der Waals surface area contributed by atoms with Crippen LogP contribution in [-0.2, 0) is 21.1 Å². The van der Waals surface area contributed by atoms with E-state index in [0.717, 1.165) is 23.5 Å². The Kier molecular flexibility index (Phi) is 8.39. The fraction of sp³-hybridized carbons (Fsp3) is 0.111. The number of rotatable bonds is 8. The van der Waals surface area contributed by atoms with E-state index in [0.29, 0.717) is 16.7 Å². The molecule has 0 aliphatic rings. The van der Waals surface area contributed by atoms with E-state index in [9.17, 15) is 36.4 Å². The molecule has 7 nitrogen and oxygen atoms in total. The molecule has 0 fully saturated rings. The molecule has 0 radical (unpaired) electrons. The summed E-state index contributed by atoms with van der Waals surface area (Å²) in [5.74, 6) is -2.98. The van der Waals surface area contributed by atoms with E-state index < -0.39 is 38.4 Å². The highest BCUT2D eigenvalue weighted by molar-refractivity contribution is 7.91. The predicted molar refractivity (Wildman–Crippen MR) is 144 cm³/mol. The number of hydrogen-bond acceptors (Lipinski definition) is 7. The molecule has 0 unspecified atom stereocenters. The van der Waals surface area contributed by atoms with Crippen LogP contribution in [0.5, 0.6) is 0 Å². The van der Waals surface area contributed by atoms with Crippen LogP contribution < -0.4 is 5.32 Å². The van der Waals surface area contributed by atoms with Gasteiger partial charge in [0.05, 0.1) is 33.7 Å². The molecule has 0 aliphatic heterocycles. The standard InChI is InChI=1S/C27H17ClF3N3O4S2/c28-21-7-2-1-6-20(21)24(36)25-23(18-5-3-4-17(12-18)14-32)34-26(39-25)33-22(35)13-16-8-10-19(11-9-16)40(37,38)15-27(29,30)31/h1-12H,13,15H2,(H,33,34,35). The number of anilines is 1. The van der Waals surface area contributed by atoms with Crippen molar-refractivity contribution < 1.29 is 31.2 Å². The second-order valence-electron chi connectivity index (χ2n) is 8.44. The zero-order chi connectivity index (χ0) is 29.1. The highest BCUT2D eigenvalue weighted by Gasteiger charge is 2.36. The minimum atomic E-state index is -4.88. The van der Waals surface area contributed by atoms with E-state index >= 15 is 0 Å². The Labute approximate surface area is 235 Å². The first-order chi connectivity index (χ1) is 18.9. The summed E-state index contributed by atoms with van der Waals surface area (Å²) in [5.41, 5.74) is 1.62. The van der Waals surface area contributed by atoms with Gasteiger partial charge >= 0.3 is 6.18 Å². The second kappa shape index (κ2) is 11.6. The maximum absolute atomic E-state index is 13.4. The molecule has 0 spiro atoms. The van der Waals surface area contributed by atoms with Gasteiger partial charge in [0.1, 0.15) is 4.88 Å². The summed E-state index contributed by atoms with van der Waals surface area (Å²) in [6, 6.07) is 19.4. The Morgan fingerprint density at radius 1 is 1.02 bits per heavy atom. The summed E-state index contributed by atoms with van der Waals surface area (Å²) in [7, 11) is -4.57. The van der Waals surface area contributed by atoms with E-state index in [1.807, 2.05) is 6.07 Å². The minimum absolute atomic E-state index is 0.0853. The van der Waals surface area contributed by atoms with Gasteiger partial charge in [-0.15, -0.1) is 0 Å². The topological polar surface area (TPSA) is 117 Å². The molecule has 0 atom stereocenters. The molecule has 0 aliphatic carbocycles. The van der Waals surface area contributed by atoms with E-state index in [1.165, 1.54) is 12.1 Å². The van der Waals surface area contributed by atoms with Gasteiger partial charge < -0.3 is 5.32 Å². The van der Waals surface area contributed by atoms with Crippen molar-refractivity contribution in [2.45, 2.75) is 17.5 Å². The lowest BCUT2D eigenvalue weighted by Gasteiger charge is -2.08. The molecular weight excluding hydrogens is 587 g/mol. The molecule has 4 rings (SSSR count). The number of carbonyl (C=O) groups excluding carboxylic acids is 2. The van der Waals surface area contributed by atoms with Crippen molar-refractivity contribution >= 4 is 49.6 Å². The normalized spacial score (nSPS) is 11.6. The maximum Gasteiger partial charge on any atom is 0.403 e. The smallest absolute Gasteiger partial charge is 0.302 e. The largest absolute Gasteiger partial charge is 0.403 e. The molecule has 4 aromatic rings. The van der Waals surface area contributed by atoms with Crippen molar-refractivity contribution in [1.82, 2.24) is 4.98 Å². The fourth-order valence-electron chi connectivity index (χ4n) is 3.69. The van der Waals surface area contributed by atoms with Crippen molar-refractivity contribution in [2.24, 2.45) is 0 Å².